The predicted octanol–water partition coefficient (Wildman–Crippen LogP) is 0.600. The molecule has 108 valence electrons. The van der Waals surface area contributed by atoms with Crippen molar-refractivity contribution < 1.29 is 19.4 Å². The predicted molar refractivity (Wildman–Crippen MR) is 72.5 cm³/mol. The molecule has 2 rings (SSSR count). The van der Waals surface area contributed by atoms with E-state index in [-0.39, 0.29) is 22.8 Å². The van der Waals surface area contributed by atoms with E-state index in [9.17, 15) is 14.7 Å². The smallest absolute Gasteiger partial charge is 0.338 e. The van der Waals surface area contributed by atoms with Crippen molar-refractivity contribution >= 4 is 11.9 Å². The Morgan fingerprint density at radius 3 is 2.70 bits per heavy atom. The van der Waals surface area contributed by atoms with Gasteiger partial charge >= 0.3 is 5.97 Å². The van der Waals surface area contributed by atoms with Crippen LogP contribution in [0.1, 0.15) is 27.1 Å². The average Bonchev–Trinajstić information content (AvgIpc) is 2.93. The highest BCUT2D eigenvalue weighted by Crippen LogP contribution is 2.21. The number of aromatic hydroxyl groups is 1. The van der Waals surface area contributed by atoms with Gasteiger partial charge in [0.15, 0.2) is 0 Å². The van der Waals surface area contributed by atoms with E-state index >= 15 is 0 Å². The Bertz CT molecular complexity index is 530. The van der Waals surface area contributed by atoms with E-state index in [4.69, 9.17) is 5.73 Å². The highest BCUT2D eigenvalue weighted by atomic mass is 16.5. The number of hydrogen-bond donors (Lipinski definition) is 2. The second-order valence-corrected chi connectivity index (χ2v) is 4.90. The van der Waals surface area contributed by atoms with Gasteiger partial charge in [0.25, 0.3) is 5.91 Å². The summed E-state index contributed by atoms with van der Waals surface area (Å²) in [6.45, 7) is 1.81. The first-order valence-electron chi connectivity index (χ1n) is 6.47. The van der Waals surface area contributed by atoms with Crippen molar-refractivity contribution in [1.82, 2.24) is 4.90 Å². The number of benzene rings is 1. The number of phenols is 1. The molecule has 0 bridgehead atoms. The number of esters is 1. The topological polar surface area (TPSA) is 92.9 Å². The van der Waals surface area contributed by atoms with Gasteiger partial charge in [0.2, 0.25) is 0 Å². The number of rotatable bonds is 3. The molecule has 1 aliphatic heterocycles. The second kappa shape index (κ2) is 5.92. The van der Waals surface area contributed by atoms with Gasteiger partial charge in [0.1, 0.15) is 5.75 Å². The van der Waals surface area contributed by atoms with Crippen LogP contribution in [0.5, 0.6) is 5.75 Å². The Balaban J connectivity index is 2.22. The van der Waals surface area contributed by atoms with Crippen LogP contribution < -0.4 is 5.73 Å². The number of ether oxygens (including phenoxy) is 1. The lowest BCUT2D eigenvalue weighted by molar-refractivity contribution is 0.0600. The molecule has 0 saturated carbocycles. The molecule has 1 saturated heterocycles. The minimum Gasteiger partial charge on any atom is -0.508 e. The van der Waals surface area contributed by atoms with Crippen molar-refractivity contribution in [3.63, 3.8) is 0 Å². The maximum absolute atomic E-state index is 12.3. The molecule has 3 N–H and O–H groups in total. The summed E-state index contributed by atoms with van der Waals surface area (Å²) in [5, 5.41) is 9.63. The average molecular weight is 278 g/mol. The number of amides is 1. The number of carbonyl (C=O) groups excluding carboxylic acids is 2. The molecule has 1 amide bonds. The molecule has 0 aromatic heterocycles. The van der Waals surface area contributed by atoms with Crippen LogP contribution in [0.4, 0.5) is 0 Å². The molecule has 0 radical (unpaired) electrons. The van der Waals surface area contributed by atoms with Gasteiger partial charge in [-0.1, -0.05) is 0 Å². The zero-order valence-corrected chi connectivity index (χ0v) is 11.3. The summed E-state index contributed by atoms with van der Waals surface area (Å²) in [5.74, 6) is -0.611. The summed E-state index contributed by atoms with van der Waals surface area (Å²) < 4.78 is 4.59. The quantitative estimate of drug-likeness (QED) is 0.790. The molecule has 1 aromatic rings. The number of methoxy groups -OCH3 is 1. The lowest BCUT2D eigenvalue weighted by Gasteiger charge is -2.16. The van der Waals surface area contributed by atoms with Crippen LogP contribution in [0.3, 0.4) is 0 Å². The van der Waals surface area contributed by atoms with Gasteiger partial charge in [0, 0.05) is 18.7 Å². The minimum atomic E-state index is -0.587. The van der Waals surface area contributed by atoms with Crippen LogP contribution in [-0.4, -0.2) is 48.6 Å². The molecule has 1 atom stereocenters. The zero-order chi connectivity index (χ0) is 14.7. The molecule has 1 heterocycles. The normalized spacial score (nSPS) is 18.1. The highest BCUT2D eigenvalue weighted by Gasteiger charge is 2.26. The summed E-state index contributed by atoms with van der Waals surface area (Å²) in [5.41, 5.74) is 6.04. The van der Waals surface area contributed by atoms with Gasteiger partial charge < -0.3 is 20.5 Å². The Morgan fingerprint density at radius 1 is 1.40 bits per heavy atom. The first-order chi connectivity index (χ1) is 9.55. The monoisotopic (exact) mass is 278 g/mol. The van der Waals surface area contributed by atoms with Gasteiger partial charge in [-0.05, 0) is 37.1 Å². The third-order valence-corrected chi connectivity index (χ3v) is 3.49. The molecule has 20 heavy (non-hydrogen) atoms. The van der Waals surface area contributed by atoms with Crippen molar-refractivity contribution in [1.29, 1.82) is 0 Å². The maximum atomic E-state index is 12.3. The van der Waals surface area contributed by atoms with Gasteiger partial charge in [-0.3, -0.25) is 4.79 Å². The van der Waals surface area contributed by atoms with Crippen molar-refractivity contribution in [3.05, 3.63) is 29.3 Å². The van der Waals surface area contributed by atoms with E-state index in [0.717, 1.165) is 6.42 Å². The lowest BCUT2D eigenvalue weighted by atomic mass is 10.1. The number of hydrogen-bond acceptors (Lipinski definition) is 5. The summed E-state index contributed by atoms with van der Waals surface area (Å²) in [7, 11) is 1.25. The first kappa shape index (κ1) is 14.3. The number of phenolic OH excluding ortho intramolecular Hbond substituents is 1. The van der Waals surface area contributed by atoms with Crippen LogP contribution in [0.2, 0.25) is 0 Å². The van der Waals surface area contributed by atoms with E-state index in [0.29, 0.717) is 25.6 Å². The molecule has 1 aromatic carbocycles. The number of nitrogens with zero attached hydrogens (tertiary/aromatic N) is 1. The van der Waals surface area contributed by atoms with E-state index in [1.54, 1.807) is 4.90 Å². The van der Waals surface area contributed by atoms with E-state index < -0.39 is 5.97 Å². The van der Waals surface area contributed by atoms with Crippen LogP contribution in [0.15, 0.2) is 18.2 Å². The van der Waals surface area contributed by atoms with Gasteiger partial charge in [-0.15, -0.1) is 0 Å². The Hall–Kier alpha value is -2.08. The molecular formula is C14H18N2O4. The fourth-order valence-corrected chi connectivity index (χ4v) is 2.36. The Labute approximate surface area is 117 Å². The summed E-state index contributed by atoms with van der Waals surface area (Å²) in [4.78, 5) is 25.5. The van der Waals surface area contributed by atoms with Gasteiger partial charge in [-0.25, -0.2) is 4.79 Å². The SMILES string of the molecule is COC(=O)c1cc(O)cc(C(=O)N2CC[C@@H](CN)C2)c1. The molecule has 6 nitrogen and oxygen atoms in total. The summed E-state index contributed by atoms with van der Waals surface area (Å²) >= 11 is 0. The van der Waals surface area contributed by atoms with Crippen molar-refractivity contribution in [2.24, 2.45) is 11.7 Å². The third kappa shape index (κ3) is 2.91. The van der Waals surface area contributed by atoms with Crippen LogP contribution >= 0.6 is 0 Å². The van der Waals surface area contributed by atoms with Crippen LogP contribution in [0.25, 0.3) is 0 Å². The van der Waals surface area contributed by atoms with Crippen LogP contribution in [-0.2, 0) is 4.74 Å². The Morgan fingerprint density at radius 2 is 2.10 bits per heavy atom. The summed E-state index contributed by atoms with van der Waals surface area (Å²) in [6.07, 6.45) is 0.880. The van der Waals surface area contributed by atoms with Crippen LogP contribution in [0, 0.1) is 5.92 Å². The maximum Gasteiger partial charge on any atom is 0.338 e. The van der Waals surface area contributed by atoms with E-state index in [1.165, 1.54) is 25.3 Å². The Kier molecular flexibility index (Phi) is 4.24. The molecule has 1 aliphatic rings. The largest absolute Gasteiger partial charge is 0.508 e. The number of nitrogens with two attached hydrogens (primary N) is 1. The molecule has 1 fully saturated rings. The van der Waals surface area contributed by atoms with E-state index in [1.807, 2.05) is 0 Å². The molecule has 6 heteroatoms. The second-order valence-electron chi connectivity index (χ2n) is 4.90. The molecule has 0 spiro atoms. The molecular weight excluding hydrogens is 260 g/mol. The van der Waals surface area contributed by atoms with E-state index in [2.05, 4.69) is 4.74 Å². The fourth-order valence-electron chi connectivity index (χ4n) is 2.36. The van der Waals surface area contributed by atoms with Crippen molar-refractivity contribution in [3.8, 4) is 5.75 Å². The van der Waals surface area contributed by atoms with Crippen molar-refractivity contribution in [2.75, 3.05) is 26.7 Å². The first-order valence-corrected chi connectivity index (χ1v) is 6.47. The molecule has 0 aliphatic carbocycles. The number of carbonyl (C=O) groups is 2. The zero-order valence-electron chi connectivity index (χ0n) is 11.3. The third-order valence-electron chi connectivity index (χ3n) is 3.49. The van der Waals surface area contributed by atoms with Crippen molar-refractivity contribution in [2.45, 2.75) is 6.42 Å². The van der Waals surface area contributed by atoms with Gasteiger partial charge in [0.05, 0.1) is 12.7 Å². The minimum absolute atomic E-state index is 0.133. The lowest BCUT2D eigenvalue weighted by Crippen LogP contribution is -2.30. The highest BCUT2D eigenvalue weighted by molar-refractivity contribution is 5.98. The summed E-state index contributed by atoms with van der Waals surface area (Å²) in [6, 6.07) is 4.06. The fraction of sp³-hybridized carbons (Fsp3) is 0.429. The number of likely N-dealkylation sites (tertiary alicyclic amines) is 1. The molecule has 0 unspecified atom stereocenters. The van der Waals surface area contributed by atoms with Gasteiger partial charge in [-0.2, -0.15) is 0 Å². The standard InChI is InChI=1S/C14H18N2O4/c1-20-14(19)11-4-10(5-12(17)6-11)13(18)16-3-2-9(7-15)8-16/h4-6,9,17H,2-3,7-8,15H2,1H3/t9-/m0/s1.